The van der Waals surface area contributed by atoms with Crippen molar-refractivity contribution >= 4 is 17.8 Å². The molecule has 0 saturated heterocycles. The molecule has 0 spiro atoms. The Morgan fingerprint density at radius 1 is 1.45 bits per heavy atom. The molecule has 0 heterocycles. The lowest BCUT2D eigenvalue weighted by atomic mass is 10.2. The van der Waals surface area contributed by atoms with Gasteiger partial charge in [-0.15, -0.1) is 0 Å². The van der Waals surface area contributed by atoms with Crippen LogP contribution in [0.1, 0.15) is 5.56 Å². The molecule has 1 aromatic carbocycles. The molecule has 0 aliphatic heterocycles. The van der Waals surface area contributed by atoms with E-state index in [1.807, 2.05) is 0 Å². The van der Waals surface area contributed by atoms with Gasteiger partial charge in [0.15, 0.2) is 0 Å². The summed E-state index contributed by atoms with van der Waals surface area (Å²) in [6, 6.07) is 4.39. The maximum atomic E-state index is 8.91. The maximum Gasteiger partial charge on any atom is 0.117 e. The molecule has 0 aromatic heterocycles. The van der Waals surface area contributed by atoms with E-state index < -0.39 is 0 Å². The summed E-state index contributed by atoms with van der Waals surface area (Å²) in [7, 11) is 0. The highest BCUT2D eigenvalue weighted by Crippen LogP contribution is 2.19. The zero-order chi connectivity index (χ0) is 8.27. The summed E-state index contributed by atoms with van der Waals surface area (Å²) in [5.41, 5.74) is 0.562. The van der Waals surface area contributed by atoms with E-state index in [9.17, 15) is 0 Å². The van der Waals surface area contributed by atoms with Crippen LogP contribution in [0.3, 0.4) is 0 Å². The quantitative estimate of drug-likeness (QED) is 0.385. The Morgan fingerprint density at radius 2 is 2.18 bits per heavy atom. The van der Waals surface area contributed by atoms with Crippen molar-refractivity contribution in [1.82, 2.24) is 0 Å². The minimum absolute atomic E-state index is 0.0880. The van der Waals surface area contributed by atoms with Gasteiger partial charge in [0.2, 0.25) is 0 Å². The molecule has 3 nitrogen and oxygen atoms in total. The number of hydrogen-bond donors (Lipinski definition) is 2. The second kappa shape index (κ2) is 3.25. The smallest absolute Gasteiger partial charge is 0.117 e. The minimum atomic E-state index is 0.0880. The molecule has 0 aliphatic carbocycles. The molecular formula is C7H6ClNO2. The molecule has 0 saturated carbocycles. The molecule has 0 atom stereocenters. The van der Waals surface area contributed by atoms with Crippen molar-refractivity contribution in [1.29, 1.82) is 0 Å². The van der Waals surface area contributed by atoms with Crippen LogP contribution >= 0.6 is 11.6 Å². The van der Waals surface area contributed by atoms with Gasteiger partial charge in [-0.25, -0.2) is 0 Å². The van der Waals surface area contributed by atoms with Crippen LogP contribution in [0.2, 0.25) is 5.02 Å². The van der Waals surface area contributed by atoms with Gasteiger partial charge in [0.05, 0.1) is 11.2 Å². The second-order valence-electron chi connectivity index (χ2n) is 1.95. The number of rotatable bonds is 1. The van der Waals surface area contributed by atoms with Gasteiger partial charge in [-0.05, 0) is 18.2 Å². The van der Waals surface area contributed by atoms with E-state index in [0.717, 1.165) is 0 Å². The van der Waals surface area contributed by atoms with Crippen molar-refractivity contribution in [3.8, 4) is 5.75 Å². The first-order valence-corrected chi connectivity index (χ1v) is 3.28. The first-order valence-electron chi connectivity index (χ1n) is 2.90. The predicted octanol–water partition coefficient (Wildman–Crippen LogP) is 1.85. The largest absolute Gasteiger partial charge is 0.508 e. The first-order chi connectivity index (χ1) is 5.24. The predicted molar refractivity (Wildman–Crippen MR) is 42.5 cm³/mol. The Kier molecular flexibility index (Phi) is 2.33. The van der Waals surface area contributed by atoms with Gasteiger partial charge in [-0.3, -0.25) is 0 Å². The van der Waals surface area contributed by atoms with Crippen molar-refractivity contribution in [2.45, 2.75) is 0 Å². The monoisotopic (exact) mass is 171 g/mol. The molecule has 11 heavy (non-hydrogen) atoms. The third-order valence-electron chi connectivity index (χ3n) is 1.18. The summed E-state index contributed by atoms with van der Waals surface area (Å²) < 4.78 is 0. The van der Waals surface area contributed by atoms with E-state index in [0.29, 0.717) is 10.6 Å². The van der Waals surface area contributed by atoms with Crippen LogP contribution in [0.25, 0.3) is 0 Å². The summed E-state index contributed by atoms with van der Waals surface area (Å²) in [5, 5.41) is 20.2. The summed E-state index contributed by atoms with van der Waals surface area (Å²) in [6.45, 7) is 0. The van der Waals surface area contributed by atoms with E-state index in [1.54, 1.807) is 6.07 Å². The van der Waals surface area contributed by atoms with Gasteiger partial charge in [-0.2, -0.15) is 0 Å². The number of nitrogens with zero attached hydrogens (tertiary/aromatic N) is 1. The lowest BCUT2D eigenvalue weighted by Crippen LogP contribution is -1.81. The number of oxime groups is 1. The first kappa shape index (κ1) is 7.88. The zero-order valence-corrected chi connectivity index (χ0v) is 6.28. The van der Waals surface area contributed by atoms with Gasteiger partial charge >= 0.3 is 0 Å². The molecule has 0 fully saturated rings. The topological polar surface area (TPSA) is 52.8 Å². The molecule has 1 aromatic rings. The van der Waals surface area contributed by atoms with Crippen LogP contribution in [0.4, 0.5) is 0 Å². The fourth-order valence-corrected chi connectivity index (χ4v) is 0.907. The molecule has 0 amide bonds. The highest BCUT2D eigenvalue weighted by molar-refractivity contribution is 6.33. The fraction of sp³-hybridized carbons (Fsp3) is 0. The van der Waals surface area contributed by atoms with Crippen LogP contribution in [0.5, 0.6) is 5.75 Å². The Bertz CT molecular complexity index is 286. The van der Waals surface area contributed by atoms with Gasteiger partial charge in [-0.1, -0.05) is 16.8 Å². The third-order valence-corrected chi connectivity index (χ3v) is 1.51. The van der Waals surface area contributed by atoms with Crippen LogP contribution < -0.4 is 0 Å². The standard InChI is InChI=1S/C7H6ClNO2/c8-7-3-6(10)2-1-5(7)4-9-11/h1-4,10-11H. The van der Waals surface area contributed by atoms with Crippen molar-refractivity contribution in [2.75, 3.05) is 0 Å². The Labute approximate surface area is 68.5 Å². The highest BCUT2D eigenvalue weighted by Gasteiger charge is 1.97. The van der Waals surface area contributed by atoms with E-state index in [1.165, 1.54) is 18.3 Å². The van der Waals surface area contributed by atoms with Gasteiger partial charge in [0, 0.05) is 5.56 Å². The van der Waals surface area contributed by atoms with Gasteiger partial charge in [0.1, 0.15) is 5.75 Å². The number of phenolic OH excluding ortho intramolecular Hbond substituents is 1. The normalized spacial score (nSPS) is 10.6. The molecule has 2 N–H and O–H groups in total. The summed E-state index contributed by atoms with van der Waals surface area (Å²) in [5.74, 6) is 0.0880. The summed E-state index contributed by atoms with van der Waals surface area (Å²) >= 11 is 5.65. The van der Waals surface area contributed by atoms with E-state index in [-0.39, 0.29) is 5.75 Å². The van der Waals surface area contributed by atoms with Crippen LogP contribution in [-0.2, 0) is 0 Å². The highest BCUT2D eigenvalue weighted by atomic mass is 35.5. The molecule has 4 heteroatoms. The lowest BCUT2D eigenvalue weighted by Gasteiger charge is -1.96. The van der Waals surface area contributed by atoms with Crippen LogP contribution in [-0.4, -0.2) is 16.5 Å². The average Bonchev–Trinajstić information content (AvgIpc) is 1.95. The third kappa shape index (κ3) is 1.85. The molecule has 0 unspecified atom stereocenters. The lowest BCUT2D eigenvalue weighted by molar-refractivity contribution is 0.322. The van der Waals surface area contributed by atoms with Crippen LogP contribution in [0, 0.1) is 0 Å². The number of aromatic hydroxyl groups is 1. The molecule has 0 aliphatic rings. The summed E-state index contributed by atoms with van der Waals surface area (Å²) in [4.78, 5) is 0. The Balaban J connectivity index is 3.09. The van der Waals surface area contributed by atoms with Gasteiger partial charge < -0.3 is 10.3 Å². The Hall–Kier alpha value is -1.22. The van der Waals surface area contributed by atoms with E-state index >= 15 is 0 Å². The van der Waals surface area contributed by atoms with Crippen molar-refractivity contribution in [3.05, 3.63) is 28.8 Å². The fourth-order valence-electron chi connectivity index (χ4n) is 0.683. The molecule has 1 rings (SSSR count). The minimum Gasteiger partial charge on any atom is -0.508 e. The summed E-state index contributed by atoms with van der Waals surface area (Å²) in [6.07, 6.45) is 1.20. The van der Waals surface area contributed by atoms with Crippen molar-refractivity contribution in [3.63, 3.8) is 0 Å². The van der Waals surface area contributed by atoms with E-state index in [4.69, 9.17) is 21.9 Å². The van der Waals surface area contributed by atoms with E-state index in [2.05, 4.69) is 5.16 Å². The SMILES string of the molecule is ON=Cc1ccc(O)cc1Cl. The van der Waals surface area contributed by atoms with Crippen LogP contribution in [0.15, 0.2) is 23.4 Å². The molecule has 0 radical (unpaired) electrons. The number of phenols is 1. The molecule has 0 bridgehead atoms. The second-order valence-corrected chi connectivity index (χ2v) is 2.36. The average molecular weight is 172 g/mol. The number of halogens is 1. The van der Waals surface area contributed by atoms with Crippen molar-refractivity contribution in [2.24, 2.45) is 5.16 Å². The zero-order valence-electron chi connectivity index (χ0n) is 5.53. The number of hydrogen-bond acceptors (Lipinski definition) is 3. The van der Waals surface area contributed by atoms with Crippen molar-refractivity contribution < 1.29 is 10.3 Å². The number of benzene rings is 1. The maximum absolute atomic E-state index is 8.91. The van der Waals surface area contributed by atoms with Gasteiger partial charge in [0.25, 0.3) is 0 Å². The Morgan fingerprint density at radius 3 is 2.73 bits per heavy atom. The molecular weight excluding hydrogens is 166 g/mol. The molecule has 58 valence electrons.